The van der Waals surface area contributed by atoms with Crippen LogP contribution in [0.3, 0.4) is 0 Å². The van der Waals surface area contributed by atoms with Crippen LogP contribution in [-0.2, 0) is 0 Å². The van der Waals surface area contributed by atoms with Crippen molar-refractivity contribution < 1.29 is 4.39 Å². The van der Waals surface area contributed by atoms with Crippen LogP contribution in [0.2, 0.25) is 0 Å². The van der Waals surface area contributed by atoms with Crippen LogP contribution in [-0.4, -0.2) is 0 Å². The predicted molar refractivity (Wildman–Crippen MR) is 43.2 cm³/mol. The Labute approximate surface area is 71.6 Å². The lowest BCUT2D eigenvalue weighted by molar-refractivity contribution is 0.623. The molecule has 1 aromatic rings. The summed E-state index contributed by atoms with van der Waals surface area (Å²) in [5.41, 5.74) is 5.73. The van der Waals surface area contributed by atoms with E-state index in [1.165, 1.54) is 12.1 Å². The van der Waals surface area contributed by atoms with Crippen molar-refractivity contribution >= 4 is 21.6 Å². The van der Waals surface area contributed by atoms with Gasteiger partial charge in [-0.15, -0.1) is 0 Å². The highest BCUT2D eigenvalue weighted by molar-refractivity contribution is 9.10. The first-order chi connectivity index (χ1) is 5.15. The van der Waals surface area contributed by atoms with Gasteiger partial charge >= 0.3 is 0 Å². The molecule has 56 valence electrons. The number of rotatable bonds is 0. The molecule has 0 saturated carbocycles. The van der Waals surface area contributed by atoms with Crippen LogP contribution >= 0.6 is 15.9 Å². The SMILES string of the molecule is N#Cc1cc(N)c(Br)cc1F. The number of halogens is 2. The predicted octanol–water partition coefficient (Wildman–Crippen LogP) is 2.04. The minimum Gasteiger partial charge on any atom is -0.398 e. The Morgan fingerprint density at radius 2 is 2.18 bits per heavy atom. The standard InChI is InChI=1S/C7H4BrFN2/c8-5-2-6(9)4(3-10)1-7(5)11/h1-2H,11H2. The van der Waals surface area contributed by atoms with Crippen molar-refractivity contribution in [1.29, 1.82) is 5.26 Å². The number of benzene rings is 1. The lowest BCUT2D eigenvalue weighted by atomic mass is 10.2. The quantitative estimate of drug-likeness (QED) is 0.673. The van der Waals surface area contributed by atoms with Gasteiger partial charge in [-0.05, 0) is 28.1 Å². The van der Waals surface area contributed by atoms with E-state index in [9.17, 15) is 4.39 Å². The van der Waals surface area contributed by atoms with E-state index >= 15 is 0 Å². The van der Waals surface area contributed by atoms with E-state index in [0.717, 1.165) is 0 Å². The Bertz CT molecular complexity index is 330. The molecule has 0 aliphatic carbocycles. The first-order valence-electron chi connectivity index (χ1n) is 2.79. The van der Waals surface area contributed by atoms with Gasteiger partial charge < -0.3 is 5.73 Å². The molecule has 0 amide bonds. The number of anilines is 1. The lowest BCUT2D eigenvalue weighted by Gasteiger charge is -1.98. The summed E-state index contributed by atoms with van der Waals surface area (Å²) in [6.45, 7) is 0. The Hall–Kier alpha value is -1.08. The van der Waals surface area contributed by atoms with Crippen molar-refractivity contribution in [2.45, 2.75) is 0 Å². The van der Waals surface area contributed by atoms with Gasteiger partial charge in [0.15, 0.2) is 0 Å². The molecule has 11 heavy (non-hydrogen) atoms. The zero-order chi connectivity index (χ0) is 8.43. The topological polar surface area (TPSA) is 49.8 Å². The normalized spacial score (nSPS) is 9.18. The van der Waals surface area contributed by atoms with Gasteiger partial charge in [0.2, 0.25) is 0 Å². The molecule has 0 atom stereocenters. The molecule has 0 saturated heterocycles. The maximum absolute atomic E-state index is 12.7. The van der Waals surface area contributed by atoms with Gasteiger partial charge in [0, 0.05) is 10.2 Å². The van der Waals surface area contributed by atoms with Crippen molar-refractivity contribution in [3.63, 3.8) is 0 Å². The first-order valence-corrected chi connectivity index (χ1v) is 3.59. The molecule has 0 spiro atoms. The monoisotopic (exact) mass is 214 g/mol. The smallest absolute Gasteiger partial charge is 0.142 e. The summed E-state index contributed by atoms with van der Waals surface area (Å²) in [5.74, 6) is -0.562. The molecule has 0 heterocycles. The fraction of sp³-hybridized carbons (Fsp3) is 0. The summed E-state index contributed by atoms with van der Waals surface area (Å²) in [5, 5.41) is 8.37. The maximum atomic E-state index is 12.7. The molecule has 0 aliphatic rings. The minimum atomic E-state index is -0.562. The molecule has 0 aliphatic heterocycles. The van der Waals surface area contributed by atoms with Gasteiger partial charge in [0.25, 0.3) is 0 Å². The highest BCUT2D eigenvalue weighted by Crippen LogP contribution is 2.22. The van der Waals surface area contributed by atoms with E-state index in [4.69, 9.17) is 11.0 Å². The summed E-state index contributed by atoms with van der Waals surface area (Å²) in [7, 11) is 0. The molecule has 0 bridgehead atoms. The van der Waals surface area contributed by atoms with Crippen LogP contribution < -0.4 is 5.73 Å². The summed E-state index contributed by atoms with van der Waals surface area (Å²) in [6, 6.07) is 4.15. The molecule has 1 rings (SSSR count). The van der Waals surface area contributed by atoms with E-state index in [-0.39, 0.29) is 5.56 Å². The molecule has 0 fully saturated rings. The molecule has 1 aromatic carbocycles. The van der Waals surface area contributed by atoms with Gasteiger partial charge in [-0.25, -0.2) is 4.39 Å². The Balaban J connectivity index is 3.35. The van der Waals surface area contributed by atoms with Crippen LogP contribution in [0.25, 0.3) is 0 Å². The lowest BCUT2D eigenvalue weighted by Crippen LogP contribution is -1.91. The summed E-state index contributed by atoms with van der Waals surface area (Å²) in [4.78, 5) is 0. The van der Waals surface area contributed by atoms with Crippen molar-refractivity contribution in [2.75, 3.05) is 5.73 Å². The van der Waals surface area contributed by atoms with Gasteiger partial charge in [-0.1, -0.05) is 0 Å². The zero-order valence-electron chi connectivity index (χ0n) is 5.44. The van der Waals surface area contributed by atoms with Crippen molar-refractivity contribution in [2.24, 2.45) is 0 Å². The van der Waals surface area contributed by atoms with Gasteiger partial charge in [-0.3, -0.25) is 0 Å². The highest BCUT2D eigenvalue weighted by atomic mass is 79.9. The number of nitrogens with zero attached hydrogens (tertiary/aromatic N) is 1. The van der Waals surface area contributed by atoms with E-state index in [1.54, 1.807) is 6.07 Å². The second-order valence-corrected chi connectivity index (χ2v) is 2.82. The third kappa shape index (κ3) is 1.49. The minimum absolute atomic E-state index is 0.0364. The van der Waals surface area contributed by atoms with Gasteiger partial charge in [-0.2, -0.15) is 5.26 Å². The number of hydrogen-bond acceptors (Lipinski definition) is 2. The van der Waals surface area contributed by atoms with Crippen LogP contribution in [0.1, 0.15) is 5.56 Å². The third-order valence-corrected chi connectivity index (χ3v) is 1.89. The molecule has 0 aromatic heterocycles. The first kappa shape index (κ1) is 8.02. The van der Waals surface area contributed by atoms with Crippen molar-refractivity contribution in [3.8, 4) is 6.07 Å². The van der Waals surface area contributed by atoms with E-state index in [0.29, 0.717) is 10.2 Å². The van der Waals surface area contributed by atoms with E-state index < -0.39 is 5.82 Å². The molecule has 4 heteroatoms. The molecule has 2 N–H and O–H groups in total. The number of hydrogen-bond donors (Lipinski definition) is 1. The largest absolute Gasteiger partial charge is 0.398 e. The highest BCUT2D eigenvalue weighted by Gasteiger charge is 2.04. The van der Waals surface area contributed by atoms with Gasteiger partial charge in [0.05, 0.1) is 5.56 Å². The molecular formula is C7H4BrFN2. The second-order valence-electron chi connectivity index (χ2n) is 1.97. The maximum Gasteiger partial charge on any atom is 0.142 e. The zero-order valence-corrected chi connectivity index (χ0v) is 7.02. The average Bonchev–Trinajstić information content (AvgIpc) is 1.97. The summed E-state index contributed by atoms with van der Waals surface area (Å²) >= 11 is 3.03. The molecule has 0 unspecified atom stereocenters. The number of nitrogens with two attached hydrogens (primary N) is 1. The van der Waals surface area contributed by atoms with Crippen LogP contribution in [0.5, 0.6) is 0 Å². The third-order valence-electron chi connectivity index (χ3n) is 1.21. The Morgan fingerprint density at radius 1 is 1.55 bits per heavy atom. The molecule has 2 nitrogen and oxygen atoms in total. The molecule has 0 radical (unpaired) electrons. The van der Waals surface area contributed by atoms with Crippen molar-refractivity contribution in [3.05, 3.63) is 28.0 Å². The fourth-order valence-corrected chi connectivity index (χ4v) is 0.967. The average molecular weight is 215 g/mol. The second kappa shape index (κ2) is 2.89. The number of nitriles is 1. The van der Waals surface area contributed by atoms with Crippen LogP contribution in [0.4, 0.5) is 10.1 Å². The Morgan fingerprint density at radius 3 is 2.73 bits per heavy atom. The Kier molecular flexibility index (Phi) is 2.11. The number of nitrogen functional groups attached to an aromatic ring is 1. The van der Waals surface area contributed by atoms with Gasteiger partial charge in [0.1, 0.15) is 11.9 Å². The van der Waals surface area contributed by atoms with Crippen molar-refractivity contribution in [1.82, 2.24) is 0 Å². The van der Waals surface area contributed by atoms with Crippen LogP contribution in [0.15, 0.2) is 16.6 Å². The van der Waals surface area contributed by atoms with E-state index in [1.807, 2.05) is 0 Å². The fourth-order valence-electron chi connectivity index (χ4n) is 0.651. The van der Waals surface area contributed by atoms with Crippen LogP contribution in [0, 0.1) is 17.1 Å². The summed E-state index contributed by atoms with van der Waals surface area (Å²) in [6.07, 6.45) is 0. The summed E-state index contributed by atoms with van der Waals surface area (Å²) < 4.78 is 13.2. The molecular weight excluding hydrogens is 211 g/mol. The van der Waals surface area contributed by atoms with E-state index in [2.05, 4.69) is 15.9 Å².